The van der Waals surface area contributed by atoms with Crippen molar-refractivity contribution in [2.75, 3.05) is 13.2 Å². The largest absolute Gasteiger partial charge is 0.381 e. The van der Waals surface area contributed by atoms with Gasteiger partial charge in [-0.15, -0.1) is 11.3 Å². The van der Waals surface area contributed by atoms with Crippen LogP contribution in [-0.2, 0) is 11.3 Å². The fourth-order valence-corrected chi connectivity index (χ4v) is 4.47. The zero-order chi connectivity index (χ0) is 19.1. The highest BCUT2D eigenvalue weighted by molar-refractivity contribution is 7.15. The summed E-state index contributed by atoms with van der Waals surface area (Å²) in [6.45, 7) is 4.58. The number of hydrogen-bond donors (Lipinski definition) is 0. The van der Waals surface area contributed by atoms with E-state index in [9.17, 15) is 0 Å². The highest BCUT2D eigenvalue weighted by Crippen LogP contribution is 2.38. The summed E-state index contributed by atoms with van der Waals surface area (Å²) in [7, 11) is 0. The number of fused-ring (bicyclic) bond motifs is 1. The Hall–Kier alpha value is -3.01. The third-order valence-corrected chi connectivity index (χ3v) is 6.08. The van der Waals surface area contributed by atoms with Gasteiger partial charge in [0.1, 0.15) is 0 Å². The van der Waals surface area contributed by atoms with Crippen LogP contribution in [0.4, 0.5) is 0 Å². The van der Waals surface area contributed by atoms with Crippen molar-refractivity contribution in [1.82, 2.24) is 14.8 Å². The SMILES string of the molecule is Cc1nc(-c2ccc(C#N)cc2)c(-c2ccc3c(cnn3CC3COC3)c2)s1. The number of aromatic nitrogens is 3. The van der Waals surface area contributed by atoms with E-state index in [2.05, 4.69) is 34.0 Å². The second-order valence-electron chi connectivity index (χ2n) is 7.10. The van der Waals surface area contributed by atoms with E-state index in [4.69, 9.17) is 15.0 Å². The molecule has 0 atom stereocenters. The Morgan fingerprint density at radius 3 is 2.68 bits per heavy atom. The van der Waals surface area contributed by atoms with Crippen LogP contribution in [0, 0.1) is 24.2 Å². The number of aryl methyl sites for hydroxylation is 1. The molecule has 28 heavy (non-hydrogen) atoms. The molecule has 1 saturated heterocycles. The van der Waals surface area contributed by atoms with E-state index in [1.165, 1.54) is 0 Å². The molecule has 5 rings (SSSR count). The van der Waals surface area contributed by atoms with E-state index in [0.29, 0.717) is 11.5 Å². The molecule has 1 aliphatic heterocycles. The van der Waals surface area contributed by atoms with Gasteiger partial charge < -0.3 is 4.74 Å². The van der Waals surface area contributed by atoms with Gasteiger partial charge in [0.05, 0.1) is 52.1 Å². The summed E-state index contributed by atoms with van der Waals surface area (Å²) in [6, 6.07) is 16.3. The minimum Gasteiger partial charge on any atom is -0.381 e. The normalized spacial score (nSPS) is 14.1. The van der Waals surface area contributed by atoms with Crippen molar-refractivity contribution in [2.24, 2.45) is 5.92 Å². The van der Waals surface area contributed by atoms with E-state index in [1.807, 2.05) is 37.4 Å². The molecule has 6 heteroatoms. The van der Waals surface area contributed by atoms with Crippen LogP contribution in [0.5, 0.6) is 0 Å². The van der Waals surface area contributed by atoms with Gasteiger partial charge in [-0.1, -0.05) is 18.2 Å². The molecule has 0 spiro atoms. The first kappa shape index (κ1) is 17.1. The topological polar surface area (TPSA) is 63.7 Å². The summed E-state index contributed by atoms with van der Waals surface area (Å²) in [5, 5.41) is 15.8. The van der Waals surface area contributed by atoms with Gasteiger partial charge >= 0.3 is 0 Å². The Kier molecular flexibility index (Phi) is 4.19. The lowest BCUT2D eigenvalue weighted by atomic mass is 10.0. The Balaban J connectivity index is 1.53. The molecule has 0 saturated carbocycles. The van der Waals surface area contributed by atoms with E-state index >= 15 is 0 Å². The second kappa shape index (κ2) is 6.86. The number of ether oxygens (including phenoxy) is 1. The van der Waals surface area contributed by atoms with Crippen LogP contribution >= 0.6 is 11.3 Å². The van der Waals surface area contributed by atoms with Crippen LogP contribution in [0.1, 0.15) is 10.6 Å². The molecule has 0 amide bonds. The Morgan fingerprint density at radius 2 is 1.96 bits per heavy atom. The van der Waals surface area contributed by atoms with E-state index in [-0.39, 0.29) is 0 Å². The van der Waals surface area contributed by atoms with Crippen molar-refractivity contribution in [1.29, 1.82) is 5.26 Å². The Bertz CT molecular complexity index is 1200. The van der Waals surface area contributed by atoms with Crippen molar-refractivity contribution in [3.63, 3.8) is 0 Å². The molecule has 4 aromatic rings. The van der Waals surface area contributed by atoms with Crippen LogP contribution in [-0.4, -0.2) is 28.0 Å². The first-order valence-corrected chi connectivity index (χ1v) is 10.0. The fourth-order valence-electron chi connectivity index (χ4n) is 3.53. The number of hydrogen-bond acceptors (Lipinski definition) is 5. The van der Waals surface area contributed by atoms with Gasteiger partial charge in [-0.2, -0.15) is 10.4 Å². The molecule has 0 unspecified atom stereocenters. The van der Waals surface area contributed by atoms with Gasteiger partial charge in [0.25, 0.3) is 0 Å². The summed E-state index contributed by atoms with van der Waals surface area (Å²) >= 11 is 1.69. The molecule has 5 nitrogen and oxygen atoms in total. The van der Waals surface area contributed by atoms with E-state index in [0.717, 1.165) is 57.4 Å². The Morgan fingerprint density at radius 1 is 1.18 bits per heavy atom. The van der Waals surface area contributed by atoms with Crippen molar-refractivity contribution >= 4 is 22.2 Å². The standard InChI is InChI=1S/C22H18N4OS/c1-14-25-21(17-4-2-15(9-23)3-5-17)22(28-14)18-6-7-20-19(8-18)10-24-26(20)11-16-12-27-13-16/h2-8,10,16H,11-13H2,1H3. The third-order valence-electron chi connectivity index (χ3n) is 5.06. The van der Waals surface area contributed by atoms with Crippen molar-refractivity contribution < 1.29 is 4.74 Å². The molecular weight excluding hydrogens is 368 g/mol. The summed E-state index contributed by atoms with van der Waals surface area (Å²) in [4.78, 5) is 5.90. The molecule has 0 bridgehead atoms. The summed E-state index contributed by atoms with van der Waals surface area (Å²) in [6.07, 6.45) is 1.94. The molecule has 2 aromatic carbocycles. The van der Waals surface area contributed by atoms with Crippen LogP contribution in [0.2, 0.25) is 0 Å². The zero-order valence-electron chi connectivity index (χ0n) is 15.4. The number of nitrogens with zero attached hydrogens (tertiary/aromatic N) is 4. The molecule has 0 aliphatic carbocycles. The van der Waals surface area contributed by atoms with Crippen molar-refractivity contribution in [2.45, 2.75) is 13.5 Å². The molecule has 0 radical (unpaired) electrons. The third kappa shape index (κ3) is 2.99. The first-order chi connectivity index (χ1) is 13.7. The molecule has 138 valence electrons. The van der Waals surface area contributed by atoms with Gasteiger partial charge in [0.15, 0.2) is 0 Å². The predicted molar refractivity (Wildman–Crippen MR) is 110 cm³/mol. The molecule has 2 aromatic heterocycles. The van der Waals surface area contributed by atoms with Gasteiger partial charge in [-0.3, -0.25) is 4.68 Å². The molecular formula is C22H18N4OS. The quantitative estimate of drug-likeness (QED) is 0.512. The minimum atomic E-state index is 0.565. The van der Waals surface area contributed by atoms with Gasteiger partial charge in [0.2, 0.25) is 0 Å². The summed E-state index contributed by atoms with van der Waals surface area (Å²) in [5.74, 6) is 0.565. The van der Waals surface area contributed by atoms with Gasteiger partial charge in [-0.25, -0.2) is 4.98 Å². The summed E-state index contributed by atoms with van der Waals surface area (Å²) in [5.41, 5.74) is 4.94. The fraction of sp³-hybridized carbons (Fsp3) is 0.227. The number of nitriles is 1. The molecule has 1 fully saturated rings. The van der Waals surface area contributed by atoms with Crippen molar-refractivity contribution in [3.8, 4) is 27.8 Å². The highest BCUT2D eigenvalue weighted by atomic mass is 32.1. The van der Waals surface area contributed by atoms with Crippen LogP contribution in [0.15, 0.2) is 48.7 Å². The average molecular weight is 386 g/mol. The monoisotopic (exact) mass is 386 g/mol. The van der Waals surface area contributed by atoms with E-state index < -0.39 is 0 Å². The first-order valence-electron chi connectivity index (χ1n) is 9.23. The smallest absolute Gasteiger partial charge is 0.0991 e. The lowest BCUT2D eigenvalue weighted by Crippen LogP contribution is -2.31. The van der Waals surface area contributed by atoms with Crippen LogP contribution < -0.4 is 0 Å². The lowest BCUT2D eigenvalue weighted by molar-refractivity contribution is -0.0403. The molecule has 0 N–H and O–H groups in total. The number of rotatable bonds is 4. The van der Waals surface area contributed by atoms with Crippen LogP contribution in [0.3, 0.4) is 0 Å². The molecule has 1 aliphatic rings. The Labute approximate surface area is 166 Å². The maximum atomic E-state index is 9.03. The van der Waals surface area contributed by atoms with Gasteiger partial charge in [0, 0.05) is 23.4 Å². The summed E-state index contributed by atoms with van der Waals surface area (Å²) < 4.78 is 7.36. The predicted octanol–water partition coefficient (Wildman–Crippen LogP) is 4.65. The van der Waals surface area contributed by atoms with Crippen LogP contribution in [0.25, 0.3) is 32.6 Å². The maximum Gasteiger partial charge on any atom is 0.0991 e. The number of thiazole rings is 1. The van der Waals surface area contributed by atoms with Crippen molar-refractivity contribution in [3.05, 3.63) is 59.2 Å². The number of benzene rings is 2. The average Bonchev–Trinajstić information content (AvgIpc) is 3.27. The lowest BCUT2D eigenvalue weighted by Gasteiger charge is -2.25. The maximum absolute atomic E-state index is 9.03. The highest BCUT2D eigenvalue weighted by Gasteiger charge is 2.20. The zero-order valence-corrected chi connectivity index (χ0v) is 16.2. The van der Waals surface area contributed by atoms with E-state index in [1.54, 1.807) is 11.3 Å². The molecule has 3 heterocycles. The minimum absolute atomic E-state index is 0.565. The second-order valence-corrected chi connectivity index (χ2v) is 8.31. The van der Waals surface area contributed by atoms with Gasteiger partial charge in [-0.05, 0) is 36.8 Å².